The highest BCUT2D eigenvalue weighted by Gasteiger charge is 2.23. The van der Waals surface area contributed by atoms with Crippen LogP contribution in [0.4, 0.5) is 17.5 Å². The molecular weight excluding hydrogens is 452 g/mol. The molecule has 1 saturated carbocycles. The van der Waals surface area contributed by atoms with Gasteiger partial charge in [-0.1, -0.05) is 12.8 Å². The van der Waals surface area contributed by atoms with Gasteiger partial charge in [0.1, 0.15) is 11.5 Å². The zero-order valence-electron chi connectivity index (χ0n) is 20.8. The molecule has 9 nitrogen and oxygen atoms in total. The van der Waals surface area contributed by atoms with Gasteiger partial charge < -0.3 is 25.2 Å². The summed E-state index contributed by atoms with van der Waals surface area (Å²) in [6.45, 7) is 4.43. The number of anilines is 3. The van der Waals surface area contributed by atoms with Gasteiger partial charge in [0.25, 0.3) is 0 Å². The molecule has 0 aromatic carbocycles. The van der Waals surface area contributed by atoms with E-state index in [0.717, 1.165) is 59.4 Å². The molecule has 36 heavy (non-hydrogen) atoms. The molecule has 1 unspecified atom stereocenters. The van der Waals surface area contributed by atoms with Gasteiger partial charge in [0, 0.05) is 54.9 Å². The minimum Gasteiger partial charge on any atom is -0.392 e. The zero-order valence-corrected chi connectivity index (χ0v) is 20.8. The molecule has 0 amide bonds. The van der Waals surface area contributed by atoms with Crippen molar-refractivity contribution < 1.29 is 5.11 Å². The van der Waals surface area contributed by atoms with E-state index in [1.807, 2.05) is 37.8 Å². The first-order valence-corrected chi connectivity index (χ1v) is 13.2. The summed E-state index contributed by atoms with van der Waals surface area (Å²) in [4.78, 5) is 21.0. The number of aromatic nitrogens is 5. The number of rotatable bonds is 7. The van der Waals surface area contributed by atoms with E-state index in [-0.39, 0.29) is 6.10 Å². The summed E-state index contributed by atoms with van der Waals surface area (Å²) in [6.07, 6.45) is 14.3. The maximum atomic E-state index is 9.49. The van der Waals surface area contributed by atoms with Crippen LogP contribution in [0.15, 0.2) is 43.0 Å². The summed E-state index contributed by atoms with van der Waals surface area (Å²) in [6, 6.07) is 7.09. The third kappa shape index (κ3) is 4.60. The lowest BCUT2D eigenvalue weighted by molar-refractivity contribution is 0.183. The molecule has 9 heteroatoms. The maximum absolute atomic E-state index is 9.49. The topological polar surface area (TPSA) is 104 Å². The summed E-state index contributed by atoms with van der Waals surface area (Å²) in [7, 11) is 0. The van der Waals surface area contributed by atoms with E-state index in [0.29, 0.717) is 24.6 Å². The highest BCUT2D eigenvalue weighted by atomic mass is 16.3. The standard InChI is InChI=1S/C27H34N8O/c1-18(36)14-29-19-9-12-34(13-10-19)21-6-7-25(30-15-21)32-27-31-16-23-22-8-11-28-17-24(22)35(26(23)33-27)20-4-2-3-5-20/h6-8,11,15-20,29,36H,2-5,9-10,12-14H2,1H3,(H,30,31,32,33). The van der Waals surface area contributed by atoms with Gasteiger partial charge >= 0.3 is 0 Å². The van der Waals surface area contributed by atoms with Crippen LogP contribution in [-0.2, 0) is 0 Å². The molecule has 1 aliphatic heterocycles. The molecule has 1 saturated heterocycles. The number of fused-ring (bicyclic) bond motifs is 3. The Bertz CT molecular complexity index is 1320. The zero-order chi connectivity index (χ0) is 24.5. The maximum Gasteiger partial charge on any atom is 0.230 e. The number of nitrogens with one attached hydrogen (secondary N) is 2. The minimum atomic E-state index is -0.306. The Morgan fingerprint density at radius 2 is 1.83 bits per heavy atom. The van der Waals surface area contributed by atoms with Gasteiger partial charge in [0.05, 0.1) is 29.7 Å². The summed E-state index contributed by atoms with van der Waals surface area (Å²) in [5, 5.41) is 18.5. The van der Waals surface area contributed by atoms with Gasteiger partial charge in [-0.15, -0.1) is 0 Å². The smallest absolute Gasteiger partial charge is 0.230 e. The molecule has 1 aliphatic carbocycles. The largest absolute Gasteiger partial charge is 0.392 e. The van der Waals surface area contributed by atoms with Crippen LogP contribution in [0.3, 0.4) is 0 Å². The molecule has 0 radical (unpaired) electrons. The normalized spacial score (nSPS) is 18.3. The monoisotopic (exact) mass is 486 g/mol. The third-order valence-electron chi connectivity index (χ3n) is 7.59. The van der Waals surface area contributed by atoms with Gasteiger partial charge in [-0.25, -0.2) is 9.97 Å². The van der Waals surface area contributed by atoms with Crippen molar-refractivity contribution in [2.24, 2.45) is 0 Å². The first kappa shape index (κ1) is 23.1. The second-order valence-electron chi connectivity index (χ2n) is 10.2. The van der Waals surface area contributed by atoms with Crippen molar-refractivity contribution in [1.29, 1.82) is 0 Å². The van der Waals surface area contributed by atoms with E-state index in [9.17, 15) is 5.11 Å². The van der Waals surface area contributed by atoms with Crippen LogP contribution in [0, 0.1) is 0 Å². The van der Waals surface area contributed by atoms with Crippen LogP contribution in [0.5, 0.6) is 0 Å². The highest BCUT2D eigenvalue weighted by Crippen LogP contribution is 2.37. The predicted octanol–water partition coefficient (Wildman–Crippen LogP) is 4.17. The van der Waals surface area contributed by atoms with E-state index < -0.39 is 0 Å². The van der Waals surface area contributed by atoms with Crippen LogP contribution in [0.1, 0.15) is 51.5 Å². The van der Waals surface area contributed by atoms with Crippen molar-refractivity contribution in [1.82, 2.24) is 29.8 Å². The van der Waals surface area contributed by atoms with Crippen molar-refractivity contribution in [3.8, 4) is 0 Å². The lowest BCUT2D eigenvalue weighted by atomic mass is 10.0. The van der Waals surface area contributed by atoms with E-state index in [2.05, 4.69) is 47.2 Å². The Labute approximate surface area is 211 Å². The predicted molar refractivity (Wildman–Crippen MR) is 143 cm³/mol. The quantitative estimate of drug-likeness (QED) is 0.358. The number of hydrogen-bond donors (Lipinski definition) is 3. The van der Waals surface area contributed by atoms with Gasteiger partial charge in [0.2, 0.25) is 5.95 Å². The number of aliphatic hydroxyl groups excluding tert-OH is 1. The van der Waals surface area contributed by atoms with E-state index in [4.69, 9.17) is 4.98 Å². The molecule has 2 fully saturated rings. The van der Waals surface area contributed by atoms with Gasteiger partial charge in [0.15, 0.2) is 0 Å². The van der Waals surface area contributed by atoms with Gasteiger partial charge in [-0.2, -0.15) is 4.98 Å². The minimum absolute atomic E-state index is 0.306. The van der Waals surface area contributed by atoms with Crippen LogP contribution < -0.4 is 15.5 Å². The fourth-order valence-electron chi connectivity index (χ4n) is 5.70. The Hall–Kier alpha value is -3.30. The van der Waals surface area contributed by atoms with Crippen LogP contribution in [0.25, 0.3) is 21.9 Å². The van der Waals surface area contributed by atoms with Crippen molar-refractivity contribution in [2.75, 3.05) is 29.9 Å². The second-order valence-corrected chi connectivity index (χ2v) is 10.2. The van der Waals surface area contributed by atoms with Gasteiger partial charge in [-0.3, -0.25) is 4.98 Å². The molecule has 4 aromatic heterocycles. The molecule has 1 atom stereocenters. The molecule has 2 aliphatic rings. The Morgan fingerprint density at radius 1 is 1.00 bits per heavy atom. The molecule has 188 valence electrons. The Morgan fingerprint density at radius 3 is 2.58 bits per heavy atom. The SMILES string of the molecule is CC(O)CNC1CCN(c2ccc(Nc3ncc4c5ccncc5n(C5CCCC5)c4n3)nc2)CC1. The molecule has 5 heterocycles. The Kier molecular flexibility index (Phi) is 6.41. The first-order valence-electron chi connectivity index (χ1n) is 13.2. The lowest BCUT2D eigenvalue weighted by Crippen LogP contribution is -2.44. The molecule has 3 N–H and O–H groups in total. The molecule has 0 spiro atoms. The first-order chi connectivity index (χ1) is 17.7. The fraction of sp³-hybridized carbons (Fsp3) is 0.481. The van der Waals surface area contributed by atoms with Crippen LogP contribution in [-0.4, -0.2) is 61.4 Å². The average molecular weight is 487 g/mol. The number of nitrogens with zero attached hydrogens (tertiary/aromatic N) is 6. The van der Waals surface area contributed by atoms with E-state index in [1.165, 1.54) is 25.7 Å². The number of aliphatic hydroxyl groups is 1. The number of pyridine rings is 2. The fourth-order valence-corrected chi connectivity index (χ4v) is 5.70. The second kappa shape index (κ2) is 9.99. The number of piperidine rings is 1. The summed E-state index contributed by atoms with van der Waals surface area (Å²) < 4.78 is 2.37. The average Bonchev–Trinajstić information content (AvgIpc) is 3.54. The molecule has 0 bridgehead atoms. The van der Waals surface area contributed by atoms with E-state index in [1.54, 1.807) is 0 Å². The lowest BCUT2D eigenvalue weighted by Gasteiger charge is -2.34. The van der Waals surface area contributed by atoms with Gasteiger partial charge in [-0.05, 0) is 50.8 Å². The molecule has 4 aromatic rings. The summed E-state index contributed by atoms with van der Waals surface area (Å²) >= 11 is 0. The molecular formula is C27H34N8O. The number of hydrogen-bond acceptors (Lipinski definition) is 8. The van der Waals surface area contributed by atoms with Crippen molar-refractivity contribution in [3.05, 3.63) is 43.0 Å². The van der Waals surface area contributed by atoms with Crippen molar-refractivity contribution in [3.63, 3.8) is 0 Å². The highest BCUT2D eigenvalue weighted by molar-refractivity contribution is 6.06. The Balaban J connectivity index is 1.18. The van der Waals surface area contributed by atoms with Crippen molar-refractivity contribution in [2.45, 2.75) is 63.6 Å². The molecule has 6 rings (SSSR count). The van der Waals surface area contributed by atoms with E-state index >= 15 is 0 Å². The van der Waals surface area contributed by atoms with Crippen LogP contribution in [0.2, 0.25) is 0 Å². The summed E-state index contributed by atoms with van der Waals surface area (Å²) in [5.41, 5.74) is 3.23. The third-order valence-corrected chi connectivity index (χ3v) is 7.59. The summed E-state index contributed by atoms with van der Waals surface area (Å²) in [5.74, 6) is 1.29. The van der Waals surface area contributed by atoms with Crippen LogP contribution >= 0.6 is 0 Å². The van der Waals surface area contributed by atoms with Crippen molar-refractivity contribution >= 4 is 39.4 Å².